The molecular formula is C61H102O6. The Hall–Kier alpha value is -3.67. The van der Waals surface area contributed by atoms with Crippen LogP contribution in [0.25, 0.3) is 0 Å². The van der Waals surface area contributed by atoms with Crippen molar-refractivity contribution in [3.63, 3.8) is 0 Å². The molecule has 0 aliphatic rings. The summed E-state index contributed by atoms with van der Waals surface area (Å²) < 4.78 is 16.7. The van der Waals surface area contributed by atoms with Crippen LogP contribution in [0.3, 0.4) is 0 Å². The van der Waals surface area contributed by atoms with Gasteiger partial charge in [0, 0.05) is 19.3 Å². The minimum absolute atomic E-state index is 0.114. The number of hydrogen-bond acceptors (Lipinski definition) is 6. The molecule has 0 aliphatic heterocycles. The van der Waals surface area contributed by atoms with Gasteiger partial charge in [0.2, 0.25) is 0 Å². The number of carbonyl (C=O) groups excluding carboxylic acids is 3. The summed E-state index contributed by atoms with van der Waals surface area (Å²) in [7, 11) is 0. The SMILES string of the molecule is CCCCC/C=C\C/C=C\C/C=C\C/C=C\C/C=C\CCC(=O)O[C@@H](COC(=O)CCCCCCC/C=C\CCCCCC)COC(=O)CCCCCCCCC/C=C\C/C=C\CCCCC. The maximum Gasteiger partial charge on any atom is 0.306 e. The quantitative estimate of drug-likeness (QED) is 0.0262. The first kappa shape index (κ1) is 63.3. The highest BCUT2D eigenvalue weighted by Crippen LogP contribution is 2.13. The number of ether oxygens (including phenoxy) is 3. The molecule has 0 unspecified atom stereocenters. The van der Waals surface area contributed by atoms with E-state index >= 15 is 0 Å². The van der Waals surface area contributed by atoms with Crippen LogP contribution in [0.5, 0.6) is 0 Å². The average molecular weight is 931 g/mol. The first-order valence-corrected chi connectivity index (χ1v) is 27.7. The fourth-order valence-corrected chi connectivity index (χ4v) is 7.33. The van der Waals surface area contributed by atoms with Crippen LogP contribution in [0.2, 0.25) is 0 Å². The third kappa shape index (κ3) is 53.2. The Kier molecular flexibility index (Phi) is 51.9. The lowest BCUT2D eigenvalue weighted by Gasteiger charge is -2.18. The second-order valence-electron chi connectivity index (χ2n) is 18.1. The van der Waals surface area contributed by atoms with E-state index in [2.05, 4.69) is 112 Å². The molecule has 382 valence electrons. The molecular weight excluding hydrogens is 829 g/mol. The van der Waals surface area contributed by atoms with Crippen molar-refractivity contribution < 1.29 is 28.6 Å². The predicted octanol–water partition coefficient (Wildman–Crippen LogP) is 18.5. The molecule has 0 aromatic carbocycles. The second kappa shape index (κ2) is 54.9. The Morgan fingerprint density at radius 2 is 0.567 bits per heavy atom. The Balaban J connectivity index is 4.53. The van der Waals surface area contributed by atoms with Crippen molar-refractivity contribution in [1.82, 2.24) is 0 Å². The molecule has 0 bridgehead atoms. The van der Waals surface area contributed by atoms with E-state index < -0.39 is 12.1 Å². The molecule has 0 spiro atoms. The van der Waals surface area contributed by atoms with Crippen LogP contribution in [0.1, 0.15) is 252 Å². The highest BCUT2D eigenvalue weighted by molar-refractivity contribution is 5.71. The average Bonchev–Trinajstić information content (AvgIpc) is 3.33. The molecule has 0 aromatic heterocycles. The first-order valence-electron chi connectivity index (χ1n) is 27.7. The van der Waals surface area contributed by atoms with Crippen molar-refractivity contribution in [2.24, 2.45) is 0 Å². The molecule has 0 aromatic rings. The molecule has 6 nitrogen and oxygen atoms in total. The molecule has 0 rings (SSSR count). The number of allylic oxidation sites excluding steroid dienone is 16. The summed E-state index contributed by atoms with van der Waals surface area (Å²) in [5, 5.41) is 0. The fraction of sp³-hybridized carbons (Fsp3) is 0.689. The minimum atomic E-state index is -0.824. The summed E-state index contributed by atoms with van der Waals surface area (Å²) in [4.78, 5) is 38.0. The van der Waals surface area contributed by atoms with Gasteiger partial charge in [-0.3, -0.25) is 14.4 Å². The molecule has 1 atom stereocenters. The van der Waals surface area contributed by atoms with Gasteiger partial charge < -0.3 is 14.2 Å². The van der Waals surface area contributed by atoms with E-state index in [4.69, 9.17) is 14.2 Å². The third-order valence-corrected chi connectivity index (χ3v) is 11.5. The van der Waals surface area contributed by atoms with Crippen molar-refractivity contribution in [1.29, 1.82) is 0 Å². The predicted molar refractivity (Wildman–Crippen MR) is 288 cm³/mol. The zero-order valence-corrected chi connectivity index (χ0v) is 43.6. The van der Waals surface area contributed by atoms with Crippen molar-refractivity contribution in [2.45, 2.75) is 258 Å². The maximum absolute atomic E-state index is 12.8. The van der Waals surface area contributed by atoms with E-state index in [0.717, 1.165) is 89.9 Å². The van der Waals surface area contributed by atoms with Crippen molar-refractivity contribution >= 4 is 17.9 Å². The second-order valence-corrected chi connectivity index (χ2v) is 18.1. The topological polar surface area (TPSA) is 78.9 Å². The molecule has 67 heavy (non-hydrogen) atoms. The zero-order chi connectivity index (χ0) is 48.6. The Bertz CT molecular complexity index is 1350. The van der Waals surface area contributed by atoms with Gasteiger partial charge in [-0.25, -0.2) is 0 Å². The standard InChI is InChI=1S/C61H102O6/c1-4-7-10-13-16-19-22-25-27-29-30-32-34-37-40-43-46-49-52-55-61(64)67-58(56-65-59(62)53-50-47-44-41-38-35-24-21-18-15-12-9-6-3)57-66-60(63)54-51-48-45-42-39-36-33-31-28-26-23-20-17-14-11-8-5-2/h16-17,19-21,24-28,30,32,37,40,46,49,58H,4-15,18,22-23,29,31,33-36,38-39,41-45,47-48,50-57H2,1-3H3/b19-16-,20-17-,24-21-,27-25-,28-26-,32-30-,40-37-,49-46-/t58-/m0/s1. The molecule has 6 heteroatoms. The summed E-state index contributed by atoms with van der Waals surface area (Å²) in [6, 6.07) is 0. The fourth-order valence-electron chi connectivity index (χ4n) is 7.33. The Morgan fingerprint density at radius 1 is 0.299 bits per heavy atom. The molecule has 0 radical (unpaired) electrons. The van der Waals surface area contributed by atoms with Gasteiger partial charge in [0.25, 0.3) is 0 Å². The van der Waals surface area contributed by atoms with E-state index in [1.807, 2.05) is 6.08 Å². The smallest absolute Gasteiger partial charge is 0.306 e. The lowest BCUT2D eigenvalue weighted by Crippen LogP contribution is -2.30. The number of carbonyl (C=O) groups is 3. The van der Waals surface area contributed by atoms with E-state index in [1.165, 1.54) is 116 Å². The van der Waals surface area contributed by atoms with Crippen molar-refractivity contribution in [3.8, 4) is 0 Å². The normalized spacial score (nSPS) is 12.8. The van der Waals surface area contributed by atoms with Gasteiger partial charge >= 0.3 is 17.9 Å². The lowest BCUT2D eigenvalue weighted by atomic mass is 10.1. The van der Waals surface area contributed by atoms with E-state index in [1.54, 1.807) is 0 Å². The summed E-state index contributed by atoms with van der Waals surface area (Å²) >= 11 is 0. The van der Waals surface area contributed by atoms with Gasteiger partial charge in [0.15, 0.2) is 6.10 Å². The maximum atomic E-state index is 12.8. The van der Waals surface area contributed by atoms with E-state index in [-0.39, 0.29) is 31.6 Å². The Labute approximate surface area is 413 Å². The summed E-state index contributed by atoms with van der Waals surface area (Å²) in [6.07, 6.45) is 72.6. The summed E-state index contributed by atoms with van der Waals surface area (Å²) in [5.74, 6) is -1.01. The van der Waals surface area contributed by atoms with Gasteiger partial charge in [-0.15, -0.1) is 0 Å². The van der Waals surface area contributed by atoms with Crippen LogP contribution in [0.15, 0.2) is 97.2 Å². The Morgan fingerprint density at radius 3 is 0.940 bits per heavy atom. The summed E-state index contributed by atoms with van der Waals surface area (Å²) in [6.45, 7) is 6.49. The third-order valence-electron chi connectivity index (χ3n) is 11.5. The van der Waals surface area contributed by atoms with Gasteiger partial charge in [-0.05, 0) is 116 Å². The van der Waals surface area contributed by atoms with Crippen LogP contribution in [0, 0.1) is 0 Å². The van der Waals surface area contributed by atoms with Crippen molar-refractivity contribution in [2.75, 3.05) is 13.2 Å². The largest absolute Gasteiger partial charge is 0.462 e. The molecule has 0 saturated carbocycles. The number of esters is 3. The van der Waals surface area contributed by atoms with Gasteiger partial charge in [0.1, 0.15) is 13.2 Å². The van der Waals surface area contributed by atoms with Crippen molar-refractivity contribution in [3.05, 3.63) is 97.2 Å². The van der Waals surface area contributed by atoms with Crippen LogP contribution >= 0.6 is 0 Å². The minimum Gasteiger partial charge on any atom is -0.462 e. The summed E-state index contributed by atoms with van der Waals surface area (Å²) in [5.41, 5.74) is 0. The first-order chi connectivity index (χ1) is 33.0. The molecule has 0 N–H and O–H groups in total. The highest BCUT2D eigenvalue weighted by Gasteiger charge is 2.19. The van der Waals surface area contributed by atoms with Gasteiger partial charge in [0.05, 0.1) is 0 Å². The van der Waals surface area contributed by atoms with E-state index in [9.17, 15) is 14.4 Å². The molecule has 0 saturated heterocycles. The van der Waals surface area contributed by atoms with Crippen LogP contribution in [-0.4, -0.2) is 37.2 Å². The highest BCUT2D eigenvalue weighted by atomic mass is 16.6. The monoisotopic (exact) mass is 931 g/mol. The number of rotatable bonds is 49. The molecule has 0 fully saturated rings. The van der Waals surface area contributed by atoms with Gasteiger partial charge in [-0.1, -0.05) is 214 Å². The molecule has 0 heterocycles. The van der Waals surface area contributed by atoms with E-state index in [0.29, 0.717) is 19.3 Å². The number of hydrogen-bond donors (Lipinski definition) is 0. The number of unbranched alkanes of at least 4 members (excludes halogenated alkanes) is 22. The van der Waals surface area contributed by atoms with Crippen LogP contribution < -0.4 is 0 Å². The van der Waals surface area contributed by atoms with Crippen LogP contribution in [-0.2, 0) is 28.6 Å². The van der Waals surface area contributed by atoms with Gasteiger partial charge in [-0.2, -0.15) is 0 Å². The molecule has 0 amide bonds. The lowest BCUT2D eigenvalue weighted by molar-refractivity contribution is -0.166. The molecule has 0 aliphatic carbocycles. The zero-order valence-electron chi connectivity index (χ0n) is 43.6. The van der Waals surface area contributed by atoms with Crippen LogP contribution in [0.4, 0.5) is 0 Å².